The number of hydrogen-bond acceptors (Lipinski definition) is 3. The molecule has 1 heterocycles. The first-order valence-corrected chi connectivity index (χ1v) is 8.51. The number of para-hydroxylation sites is 3. The van der Waals surface area contributed by atoms with E-state index in [0.717, 1.165) is 23.5 Å². The molecule has 4 nitrogen and oxygen atoms in total. The van der Waals surface area contributed by atoms with Crippen molar-refractivity contribution >= 4 is 17.3 Å². The standard InChI is InChI=1S/C20H24N2O2/c1-15(2)19-20(23)22(18-12-7-6-11-17(18)21-19)13-8-14-24-16-9-4-3-5-10-16/h3-7,9-12,15,19,21H,8,13-14H2,1-2H3. The average Bonchev–Trinajstić information content (AvgIpc) is 2.60. The molecular weight excluding hydrogens is 300 g/mol. The second kappa shape index (κ2) is 7.39. The van der Waals surface area contributed by atoms with Gasteiger partial charge >= 0.3 is 0 Å². The zero-order chi connectivity index (χ0) is 16.9. The first kappa shape index (κ1) is 16.4. The van der Waals surface area contributed by atoms with Gasteiger partial charge in [0.2, 0.25) is 5.91 Å². The third-order valence-corrected chi connectivity index (χ3v) is 4.24. The summed E-state index contributed by atoms with van der Waals surface area (Å²) in [6.07, 6.45) is 0.791. The maximum Gasteiger partial charge on any atom is 0.249 e. The number of carbonyl (C=O) groups is 1. The van der Waals surface area contributed by atoms with Crippen molar-refractivity contribution < 1.29 is 9.53 Å². The van der Waals surface area contributed by atoms with E-state index in [1.165, 1.54) is 0 Å². The van der Waals surface area contributed by atoms with E-state index in [4.69, 9.17) is 4.74 Å². The predicted molar refractivity (Wildman–Crippen MR) is 97.6 cm³/mol. The quantitative estimate of drug-likeness (QED) is 0.818. The Kier molecular flexibility index (Phi) is 5.04. The Labute approximate surface area is 143 Å². The summed E-state index contributed by atoms with van der Waals surface area (Å²) in [6.45, 7) is 5.39. The van der Waals surface area contributed by atoms with Crippen LogP contribution in [-0.2, 0) is 4.79 Å². The van der Waals surface area contributed by atoms with Crippen molar-refractivity contribution in [3.05, 3.63) is 54.6 Å². The van der Waals surface area contributed by atoms with Crippen molar-refractivity contribution in [3.8, 4) is 5.75 Å². The Morgan fingerprint density at radius 2 is 1.79 bits per heavy atom. The summed E-state index contributed by atoms with van der Waals surface area (Å²) >= 11 is 0. The van der Waals surface area contributed by atoms with Crippen LogP contribution in [0.5, 0.6) is 5.75 Å². The lowest BCUT2D eigenvalue weighted by molar-refractivity contribution is -0.120. The molecule has 0 aliphatic carbocycles. The van der Waals surface area contributed by atoms with E-state index in [0.29, 0.717) is 13.2 Å². The lowest BCUT2D eigenvalue weighted by Gasteiger charge is -2.37. The van der Waals surface area contributed by atoms with E-state index < -0.39 is 0 Å². The van der Waals surface area contributed by atoms with E-state index in [1.807, 2.05) is 59.5 Å². The molecule has 1 N–H and O–H groups in total. The zero-order valence-corrected chi connectivity index (χ0v) is 14.2. The van der Waals surface area contributed by atoms with Gasteiger partial charge in [0.15, 0.2) is 0 Å². The summed E-state index contributed by atoms with van der Waals surface area (Å²) in [4.78, 5) is 14.7. The van der Waals surface area contributed by atoms with Gasteiger partial charge in [0.05, 0.1) is 18.0 Å². The molecule has 4 heteroatoms. The monoisotopic (exact) mass is 324 g/mol. The Morgan fingerprint density at radius 3 is 2.54 bits per heavy atom. The van der Waals surface area contributed by atoms with Crippen LogP contribution in [0.2, 0.25) is 0 Å². The zero-order valence-electron chi connectivity index (χ0n) is 14.2. The van der Waals surface area contributed by atoms with Gasteiger partial charge in [-0.3, -0.25) is 4.79 Å². The van der Waals surface area contributed by atoms with Crippen LogP contribution >= 0.6 is 0 Å². The Bertz CT molecular complexity index is 685. The fourth-order valence-electron chi connectivity index (χ4n) is 2.96. The minimum Gasteiger partial charge on any atom is -0.494 e. The molecule has 1 atom stereocenters. The van der Waals surface area contributed by atoms with Crippen molar-refractivity contribution in [2.24, 2.45) is 5.92 Å². The maximum absolute atomic E-state index is 12.8. The fourth-order valence-corrected chi connectivity index (χ4v) is 2.96. The minimum absolute atomic E-state index is 0.142. The molecule has 0 bridgehead atoms. The van der Waals surface area contributed by atoms with Gasteiger partial charge in [0, 0.05) is 6.54 Å². The Balaban J connectivity index is 1.65. The summed E-state index contributed by atoms with van der Waals surface area (Å²) in [5.41, 5.74) is 1.99. The van der Waals surface area contributed by atoms with Crippen LogP contribution in [0.15, 0.2) is 54.6 Å². The first-order chi connectivity index (χ1) is 11.7. The van der Waals surface area contributed by atoms with E-state index in [2.05, 4.69) is 19.2 Å². The molecule has 0 spiro atoms. The summed E-state index contributed by atoms with van der Waals surface area (Å²) in [5.74, 6) is 1.25. The van der Waals surface area contributed by atoms with Crippen molar-refractivity contribution in [1.29, 1.82) is 0 Å². The van der Waals surface area contributed by atoms with Gasteiger partial charge in [-0.1, -0.05) is 44.2 Å². The topological polar surface area (TPSA) is 41.6 Å². The lowest BCUT2D eigenvalue weighted by Crippen LogP contribution is -2.50. The SMILES string of the molecule is CC(C)C1Nc2ccccc2N(CCCOc2ccccc2)C1=O. The molecule has 0 aromatic heterocycles. The van der Waals surface area contributed by atoms with E-state index in [-0.39, 0.29) is 17.9 Å². The molecule has 1 aliphatic heterocycles. The molecule has 2 aromatic carbocycles. The fraction of sp³-hybridized carbons (Fsp3) is 0.350. The van der Waals surface area contributed by atoms with E-state index >= 15 is 0 Å². The average molecular weight is 324 g/mol. The highest BCUT2D eigenvalue weighted by molar-refractivity contribution is 6.05. The normalized spacial score (nSPS) is 16.7. The number of benzene rings is 2. The summed E-state index contributed by atoms with van der Waals surface area (Å²) in [6, 6.07) is 17.6. The number of carbonyl (C=O) groups excluding carboxylic acids is 1. The van der Waals surface area contributed by atoms with E-state index in [9.17, 15) is 4.79 Å². The van der Waals surface area contributed by atoms with Crippen molar-refractivity contribution in [3.63, 3.8) is 0 Å². The number of ether oxygens (including phenoxy) is 1. The molecule has 3 rings (SSSR count). The van der Waals surface area contributed by atoms with Gasteiger partial charge in [-0.15, -0.1) is 0 Å². The van der Waals surface area contributed by atoms with Crippen molar-refractivity contribution in [1.82, 2.24) is 0 Å². The van der Waals surface area contributed by atoms with Crippen LogP contribution in [0.4, 0.5) is 11.4 Å². The van der Waals surface area contributed by atoms with Crippen LogP contribution in [0.3, 0.4) is 0 Å². The third-order valence-electron chi connectivity index (χ3n) is 4.24. The number of anilines is 2. The molecule has 0 fully saturated rings. The van der Waals surface area contributed by atoms with Gasteiger partial charge in [0.25, 0.3) is 0 Å². The molecule has 0 radical (unpaired) electrons. The van der Waals surface area contributed by atoms with Gasteiger partial charge < -0.3 is 15.0 Å². The van der Waals surface area contributed by atoms with E-state index in [1.54, 1.807) is 0 Å². The number of rotatable bonds is 6. The molecule has 1 amide bonds. The second-order valence-corrected chi connectivity index (χ2v) is 6.39. The summed E-state index contributed by atoms with van der Waals surface area (Å²) in [7, 11) is 0. The number of nitrogens with one attached hydrogen (secondary N) is 1. The van der Waals surface area contributed by atoms with Crippen LogP contribution in [0.25, 0.3) is 0 Å². The molecule has 126 valence electrons. The Hall–Kier alpha value is -2.49. The van der Waals surface area contributed by atoms with Crippen LogP contribution in [0, 0.1) is 5.92 Å². The summed E-state index contributed by atoms with van der Waals surface area (Å²) in [5, 5.41) is 3.37. The maximum atomic E-state index is 12.8. The third kappa shape index (κ3) is 3.53. The van der Waals surface area contributed by atoms with Gasteiger partial charge in [-0.05, 0) is 36.6 Å². The van der Waals surface area contributed by atoms with Crippen LogP contribution in [0.1, 0.15) is 20.3 Å². The highest BCUT2D eigenvalue weighted by Crippen LogP contribution is 2.33. The number of hydrogen-bond donors (Lipinski definition) is 1. The van der Waals surface area contributed by atoms with Gasteiger partial charge in [-0.25, -0.2) is 0 Å². The molecule has 0 saturated carbocycles. The number of amides is 1. The Morgan fingerprint density at radius 1 is 1.08 bits per heavy atom. The second-order valence-electron chi connectivity index (χ2n) is 6.39. The predicted octanol–water partition coefficient (Wildman–Crippen LogP) is 3.94. The van der Waals surface area contributed by atoms with Crippen LogP contribution in [-0.4, -0.2) is 25.1 Å². The van der Waals surface area contributed by atoms with Gasteiger partial charge in [0.1, 0.15) is 11.8 Å². The molecule has 1 aliphatic rings. The highest BCUT2D eigenvalue weighted by atomic mass is 16.5. The number of nitrogens with zero attached hydrogens (tertiary/aromatic N) is 1. The summed E-state index contributed by atoms with van der Waals surface area (Å²) < 4.78 is 5.74. The first-order valence-electron chi connectivity index (χ1n) is 8.51. The minimum atomic E-state index is -0.171. The molecule has 24 heavy (non-hydrogen) atoms. The largest absolute Gasteiger partial charge is 0.494 e. The smallest absolute Gasteiger partial charge is 0.249 e. The molecular formula is C20H24N2O2. The highest BCUT2D eigenvalue weighted by Gasteiger charge is 2.33. The van der Waals surface area contributed by atoms with Crippen molar-refractivity contribution in [2.75, 3.05) is 23.4 Å². The van der Waals surface area contributed by atoms with Gasteiger partial charge in [-0.2, -0.15) is 0 Å². The lowest BCUT2D eigenvalue weighted by atomic mass is 9.99. The molecule has 2 aromatic rings. The molecule has 0 saturated heterocycles. The van der Waals surface area contributed by atoms with Crippen molar-refractivity contribution in [2.45, 2.75) is 26.3 Å². The molecule has 1 unspecified atom stereocenters. The number of fused-ring (bicyclic) bond motifs is 1. The van der Waals surface area contributed by atoms with Crippen LogP contribution < -0.4 is 15.0 Å².